The molecule has 0 spiro atoms. The van der Waals surface area contributed by atoms with Gasteiger partial charge in [0.1, 0.15) is 0 Å². The van der Waals surface area contributed by atoms with Gasteiger partial charge in [0.2, 0.25) is 5.91 Å². The molecule has 0 rings (SSSR count). The minimum Gasteiger partial charge on any atom is -0.481 e. The molecule has 0 radical (unpaired) electrons. The predicted molar refractivity (Wildman–Crippen MR) is 66.6 cm³/mol. The summed E-state index contributed by atoms with van der Waals surface area (Å²) in [7, 11) is 1.65. The molecule has 0 aliphatic heterocycles. The molecule has 2 unspecified atom stereocenters. The Kier molecular flexibility index (Phi) is 7.54. The molecule has 17 heavy (non-hydrogen) atoms. The molecule has 2 atom stereocenters. The molecule has 0 bridgehead atoms. The van der Waals surface area contributed by atoms with Gasteiger partial charge in [-0.2, -0.15) is 0 Å². The van der Waals surface area contributed by atoms with Gasteiger partial charge >= 0.3 is 5.97 Å². The standard InChI is InChI=1S/C12H24N2O3/c1-9(5-4-6-10(2)13)12(17)14(3)8-7-11(15)16/h9-10H,4-8,13H2,1-3H3,(H,15,16). The monoisotopic (exact) mass is 244 g/mol. The Labute approximate surface area is 103 Å². The molecular formula is C12H24N2O3. The molecule has 0 saturated carbocycles. The fourth-order valence-electron chi connectivity index (χ4n) is 1.62. The molecule has 0 heterocycles. The van der Waals surface area contributed by atoms with E-state index in [0.717, 1.165) is 19.3 Å². The third-order valence-electron chi connectivity index (χ3n) is 2.76. The molecule has 0 fully saturated rings. The Bertz CT molecular complexity index is 254. The number of nitrogens with two attached hydrogens (primary N) is 1. The van der Waals surface area contributed by atoms with Crippen LogP contribution in [-0.4, -0.2) is 41.5 Å². The molecule has 1 amide bonds. The Morgan fingerprint density at radius 1 is 1.29 bits per heavy atom. The second-order valence-electron chi connectivity index (χ2n) is 4.71. The highest BCUT2D eigenvalue weighted by Gasteiger charge is 2.17. The van der Waals surface area contributed by atoms with Gasteiger partial charge in [-0.15, -0.1) is 0 Å². The van der Waals surface area contributed by atoms with Crippen LogP contribution in [0.4, 0.5) is 0 Å². The first kappa shape index (κ1) is 15.9. The summed E-state index contributed by atoms with van der Waals surface area (Å²) in [5, 5.41) is 8.53. The zero-order valence-corrected chi connectivity index (χ0v) is 11.0. The van der Waals surface area contributed by atoms with Crippen LogP contribution in [0.3, 0.4) is 0 Å². The van der Waals surface area contributed by atoms with E-state index in [9.17, 15) is 9.59 Å². The molecule has 3 N–H and O–H groups in total. The fraction of sp³-hybridized carbons (Fsp3) is 0.833. The number of rotatable bonds is 8. The van der Waals surface area contributed by atoms with Crippen molar-refractivity contribution in [1.29, 1.82) is 0 Å². The minimum atomic E-state index is -0.880. The van der Waals surface area contributed by atoms with Crippen molar-refractivity contribution in [2.24, 2.45) is 11.7 Å². The lowest BCUT2D eigenvalue weighted by Gasteiger charge is -2.20. The fourth-order valence-corrected chi connectivity index (χ4v) is 1.62. The quantitative estimate of drug-likeness (QED) is 0.669. The molecule has 5 nitrogen and oxygen atoms in total. The van der Waals surface area contributed by atoms with Gasteiger partial charge in [0.25, 0.3) is 0 Å². The van der Waals surface area contributed by atoms with Crippen molar-refractivity contribution in [3.05, 3.63) is 0 Å². The van der Waals surface area contributed by atoms with Gasteiger partial charge in [0.15, 0.2) is 0 Å². The van der Waals surface area contributed by atoms with Gasteiger partial charge in [-0.1, -0.05) is 13.3 Å². The molecular weight excluding hydrogens is 220 g/mol. The van der Waals surface area contributed by atoms with Crippen molar-refractivity contribution in [2.45, 2.75) is 45.6 Å². The maximum absolute atomic E-state index is 11.8. The van der Waals surface area contributed by atoms with Crippen molar-refractivity contribution in [3.63, 3.8) is 0 Å². The molecule has 0 aromatic carbocycles. The van der Waals surface area contributed by atoms with E-state index >= 15 is 0 Å². The lowest BCUT2D eigenvalue weighted by Crippen LogP contribution is -2.33. The summed E-state index contributed by atoms with van der Waals surface area (Å²) >= 11 is 0. The summed E-state index contributed by atoms with van der Waals surface area (Å²) in [5.41, 5.74) is 5.63. The van der Waals surface area contributed by atoms with Crippen LogP contribution >= 0.6 is 0 Å². The summed E-state index contributed by atoms with van der Waals surface area (Å²) in [6.45, 7) is 4.10. The number of carbonyl (C=O) groups excluding carboxylic acids is 1. The first-order chi connectivity index (χ1) is 7.84. The molecule has 5 heteroatoms. The number of carbonyl (C=O) groups is 2. The summed E-state index contributed by atoms with van der Waals surface area (Å²) in [6, 6.07) is 0.169. The minimum absolute atomic E-state index is 0.00516. The lowest BCUT2D eigenvalue weighted by molar-refractivity contribution is -0.139. The molecule has 0 aliphatic rings. The van der Waals surface area contributed by atoms with Crippen LogP contribution in [-0.2, 0) is 9.59 Å². The van der Waals surface area contributed by atoms with Crippen LogP contribution in [0.1, 0.15) is 39.5 Å². The number of amides is 1. The molecule has 0 aromatic rings. The number of carboxylic acids is 1. The van der Waals surface area contributed by atoms with Crippen molar-refractivity contribution >= 4 is 11.9 Å². The number of nitrogens with zero attached hydrogens (tertiary/aromatic N) is 1. The average Bonchev–Trinajstić information content (AvgIpc) is 2.24. The zero-order valence-electron chi connectivity index (χ0n) is 11.0. The smallest absolute Gasteiger partial charge is 0.305 e. The highest BCUT2D eigenvalue weighted by molar-refractivity contribution is 5.78. The number of hydrogen-bond acceptors (Lipinski definition) is 3. The average molecular weight is 244 g/mol. The predicted octanol–water partition coefficient (Wildman–Crippen LogP) is 1.07. The van der Waals surface area contributed by atoms with E-state index < -0.39 is 5.97 Å². The highest BCUT2D eigenvalue weighted by atomic mass is 16.4. The third-order valence-corrected chi connectivity index (χ3v) is 2.76. The largest absolute Gasteiger partial charge is 0.481 e. The SMILES string of the molecule is CC(N)CCCC(C)C(=O)N(C)CCC(=O)O. The summed E-state index contributed by atoms with van der Waals surface area (Å²) in [4.78, 5) is 23.7. The second-order valence-corrected chi connectivity index (χ2v) is 4.71. The number of aliphatic carboxylic acids is 1. The van der Waals surface area contributed by atoms with E-state index in [2.05, 4.69) is 0 Å². The Hall–Kier alpha value is -1.10. The Morgan fingerprint density at radius 3 is 2.35 bits per heavy atom. The van der Waals surface area contributed by atoms with Gasteiger partial charge in [-0.25, -0.2) is 0 Å². The first-order valence-corrected chi connectivity index (χ1v) is 6.07. The Balaban J connectivity index is 3.90. The maximum atomic E-state index is 11.8. The van der Waals surface area contributed by atoms with Crippen molar-refractivity contribution in [3.8, 4) is 0 Å². The van der Waals surface area contributed by atoms with E-state index in [1.54, 1.807) is 7.05 Å². The zero-order chi connectivity index (χ0) is 13.4. The first-order valence-electron chi connectivity index (χ1n) is 6.07. The van der Waals surface area contributed by atoms with Crippen LogP contribution in [0.25, 0.3) is 0 Å². The topological polar surface area (TPSA) is 83.6 Å². The third kappa shape index (κ3) is 7.74. The van der Waals surface area contributed by atoms with Gasteiger partial charge < -0.3 is 15.7 Å². The Morgan fingerprint density at radius 2 is 1.88 bits per heavy atom. The van der Waals surface area contributed by atoms with Crippen LogP contribution in [0, 0.1) is 5.92 Å². The van der Waals surface area contributed by atoms with Crippen LogP contribution in [0.15, 0.2) is 0 Å². The van der Waals surface area contributed by atoms with Crippen LogP contribution in [0.2, 0.25) is 0 Å². The summed E-state index contributed by atoms with van der Waals surface area (Å²) in [5.74, 6) is -0.933. The molecule has 0 aromatic heterocycles. The number of carboxylic acid groups (broad SMARTS) is 1. The van der Waals surface area contributed by atoms with Gasteiger partial charge in [0.05, 0.1) is 6.42 Å². The summed E-state index contributed by atoms with van der Waals surface area (Å²) < 4.78 is 0. The van der Waals surface area contributed by atoms with Crippen molar-refractivity contribution in [2.75, 3.05) is 13.6 Å². The van der Waals surface area contributed by atoms with Gasteiger partial charge in [0, 0.05) is 25.6 Å². The summed E-state index contributed by atoms with van der Waals surface area (Å²) in [6.07, 6.45) is 2.64. The van der Waals surface area contributed by atoms with E-state index in [4.69, 9.17) is 10.8 Å². The normalized spacial score (nSPS) is 14.1. The lowest BCUT2D eigenvalue weighted by atomic mass is 10.0. The van der Waals surface area contributed by atoms with Crippen LogP contribution in [0.5, 0.6) is 0 Å². The second kappa shape index (κ2) is 8.06. The molecule has 100 valence electrons. The van der Waals surface area contributed by atoms with E-state index in [-0.39, 0.29) is 30.8 Å². The highest BCUT2D eigenvalue weighted by Crippen LogP contribution is 2.11. The number of hydrogen-bond donors (Lipinski definition) is 2. The van der Waals surface area contributed by atoms with Crippen molar-refractivity contribution < 1.29 is 14.7 Å². The van der Waals surface area contributed by atoms with Crippen LogP contribution < -0.4 is 5.73 Å². The maximum Gasteiger partial charge on any atom is 0.305 e. The van der Waals surface area contributed by atoms with Gasteiger partial charge in [-0.05, 0) is 19.8 Å². The van der Waals surface area contributed by atoms with E-state index in [0.29, 0.717) is 0 Å². The molecule has 0 saturated heterocycles. The van der Waals surface area contributed by atoms with Crippen molar-refractivity contribution in [1.82, 2.24) is 4.90 Å². The molecule has 0 aliphatic carbocycles. The van der Waals surface area contributed by atoms with E-state index in [1.165, 1.54) is 4.90 Å². The van der Waals surface area contributed by atoms with E-state index in [1.807, 2.05) is 13.8 Å². The van der Waals surface area contributed by atoms with Gasteiger partial charge in [-0.3, -0.25) is 9.59 Å².